The molecule has 0 bridgehead atoms. The van der Waals surface area contributed by atoms with Crippen molar-refractivity contribution in [3.8, 4) is 0 Å². The molecule has 1 aromatic heterocycles. The number of ketones is 1. The molecule has 0 atom stereocenters. The van der Waals surface area contributed by atoms with Gasteiger partial charge < -0.3 is 0 Å². The zero-order valence-corrected chi connectivity index (χ0v) is 14.3. The van der Waals surface area contributed by atoms with E-state index < -0.39 is 0 Å². The summed E-state index contributed by atoms with van der Waals surface area (Å²) in [4.78, 5) is 29.3. The average molecular weight is 354 g/mol. The number of thiazole rings is 1. The Balaban J connectivity index is 1.63. The third-order valence-electron chi connectivity index (χ3n) is 3.21. The molecule has 1 amide bonds. The highest BCUT2D eigenvalue weighted by Crippen LogP contribution is 2.21. The second-order valence-electron chi connectivity index (χ2n) is 4.90. The van der Waals surface area contributed by atoms with Crippen LogP contribution >= 0.6 is 23.1 Å². The Morgan fingerprint density at radius 3 is 2.58 bits per heavy atom. The van der Waals surface area contributed by atoms with Gasteiger partial charge in [-0.05, 0) is 18.2 Å². The van der Waals surface area contributed by atoms with Crippen molar-refractivity contribution < 1.29 is 9.59 Å². The Morgan fingerprint density at radius 2 is 1.83 bits per heavy atom. The number of hydrogen-bond acceptors (Lipinski definition) is 5. The molecule has 0 fully saturated rings. The molecule has 120 valence electrons. The van der Waals surface area contributed by atoms with Crippen LogP contribution in [0.3, 0.4) is 0 Å². The number of amides is 1. The zero-order valence-electron chi connectivity index (χ0n) is 12.6. The maximum absolute atomic E-state index is 12.2. The van der Waals surface area contributed by atoms with E-state index in [2.05, 4.69) is 10.3 Å². The molecule has 0 aliphatic heterocycles. The molecular formula is C18H14N2O2S2. The Labute approximate surface area is 147 Å². The Kier molecular flexibility index (Phi) is 5.40. The Bertz CT molecular complexity index is 833. The van der Waals surface area contributed by atoms with Crippen molar-refractivity contribution in [2.45, 2.75) is 4.90 Å². The molecule has 6 heteroatoms. The predicted octanol–water partition coefficient (Wildman–Crippen LogP) is 4.37. The van der Waals surface area contributed by atoms with Gasteiger partial charge in [-0.25, -0.2) is 4.98 Å². The molecule has 4 nitrogen and oxygen atoms in total. The van der Waals surface area contributed by atoms with Crippen molar-refractivity contribution in [3.63, 3.8) is 0 Å². The molecule has 3 rings (SSSR count). The summed E-state index contributed by atoms with van der Waals surface area (Å²) in [6.07, 6.45) is 1.64. The van der Waals surface area contributed by atoms with E-state index in [4.69, 9.17) is 0 Å². The quantitative estimate of drug-likeness (QED) is 0.527. The summed E-state index contributed by atoms with van der Waals surface area (Å²) in [6.45, 7) is 0. The lowest BCUT2D eigenvalue weighted by molar-refractivity contribution is 0.101. The first-order valence-corrected chi connectivity index (χ1v) is 9.11. The van der Waals surface area contributed by atoms with Crippen molar-refractivity contribution in [2.24, 2.45) is 0 Å². The molecule has 0 radical (unpaired) electrons. The van der Waals surface area contributed by atoms with Crippen LogP contribution in [0.15, 0.2) is 71.1 Å². The molecule has 2 aromatic carbocycles. The van der Waals surface area contributed by atoms with Gasteiger partial charge in [0.25, 0.3) is 5.91 Å². The summed E-state index contributed by atoms with van der Waals surface area (Å²) in [5.41, 5.74) is 1.24. The monoisotopic (exact) mass is 354 g/mol. The molecule has 1 N–H and O–H groups in total. The fourth-order valence-corrected chi connectivity index (χ4v) is 3.41. The average Bonchev–Trinajstić information content (AvgIpc) is 3.13. The smallest absolute Gasteiger partial charge is 0.257 e. The minimum atomic E-state index is -0.207. The minimum absolute atomic E-state index is 0.0678. The first-order chi connectivity index (χ1) is 11.7. The zero-order chi connectivity index (χ0) is 16.8. The summed E-state index contributed by atoms with van der Waals surface area (Å²) in [6, 6.07) is 16.4. The number of thioether (sulfide) groups is 1. The Hall–Kier alpha value is -2.44. The van der Waals surface area contributed by atoms with Gasteiger partial charge >= 0.3 is 0 Å². The van der Waals surface area contributed by atoms with Crippen molar-refractivity contribution in [3.05, 3.63) is 77.3 Å². The minimum Gasteiger partial charge on any atom is -0.298 e. The van der Waals surface area contributed by atoms with Crippen LogP contribution in [0.5, 0.6) is 0 Å². The van der Waals surface area contributed by atoms with Gasteiger partial charge in [-0.1, -0.05) is 36.4 Å². The topological polar surface area (TPSA) is 59.1 Å². The lowest BCUT2D eigenvalue weighted by Gasteiger charge is -2.05. The van der Waals surface area contributed by atoms with Crippen molar-refractivity contribution in [2.75, 3.05) is 11.1 Å². The number of benzene rings is 2. The van der Waals surface area contributed by atoms with E-state index in [0.29, 0.717) is 22.0 Å². The number of Topliss-reactive ketones (excluding diaryl/α,β-unsaturated/α-hetero) is 1. The lowest BCUT2D eigenvalue weighted by Crippen LogP contribution is -2.11. The highest BCUT2D eigenvalue weighted by atomic mass is 32.2. The molecular weight excluding hydrogens is 340 g/mol. The van der Waals surface area contributed by atoms with E-state index in [9.17, 15) is 9.59 Å². The molecule has 1 heterocycles. The van der Waals surface area contributed by atoms with E-state index in [0.717, 1.165) is 4.90 Å². The fourth-order valence-electron chi connectivity index (χ4n) is 2.04. The molecule has 3 aromatic rings. The molecule has 24 heavy (non-hydrogen) atoms. The van der Waals surface area contributed by atoms with E-state index in [1.165, 1.54) is 23.1 Å². The first-order valence-electron chi connectivity index (χ1n) is 7.24. The van der Waals surface area contributed by atoms with Crippen LogP contribution < -0.4 is 5.32 Å². The number of carbonyl (C=O) groups is 2. The van der Waals surface area contributed by atoms with Gasteiger partial charge in [0.2, 0.25) is 0 Å². The van der Waals surface area contributed by atoms with Gasteiger partial charge in [0.1, 0.15) is 0 Å². The molecule has 0 unspecified atom stereocenters. The van der Waals surface area contributed by atoms with Gasteiger partial charge in [-0.3, -0.25) is 14.9 Å². The van der Waals surface area contributed by atoms with Crippen LogP contribution in [0.2, 0.25) is 0 Å². The number of nitrogens with one attached hydrogen (secondary N) is 1. The standard InChI is InChI=1S/C18H14N2O2S2/c21-16(13-5-2-1-3-6-13)12-24-15-8-4-7-14(11-15)17(22)20-18-19-9-10-23-18/h1-11H,12H2,(H,19,20,22). The number of aromatic nitrogens is 1. The number of carbonyl (C=O) groups excluding carboxylic acids is 2. The molecule has 0 spiro atoms. The van der Waals surface area contributed by atoms with Crippen LogP contribution in [0.4, 0.5) is 5.13 Å². The normalized spacial score (nSPS) is 10.3. The van der Waals surface area contributed by atoms with Crippen LogP contribution in [0, 0.1) is 0 Å². The third-order valence-corrected chi connectivity index (χ3v) is 4.90. The summed E-state index contributed by atoms with van der Waals surface area (Å²) in [5.74, 6) is 0.196. The van der Waals surface area contributed by atoms with Gasteiger partial charge in [0.05, 0.1) is 5.75 Å². The third kappa shape index (κ3) is 4.31. The SMILES string of the molecule is O=C(CSc1cccc(C(=O)Nc2nccs2)c1)c1ccccc1. The number of rotatable bonds is 6. The number of hydrogen-bond donors (Lipinski definition) is 1. The highest BCUT2D eigenvalue weighted by Gasteiger charge is 2.10. The van der Waals surface area contributed by atoms with Gasteiger partial charge in [0, 0.05) is 27.6 Å². The maximum atomic E-state index is 12.2. The van der Waals surface area contributed by atoms with E-state index in [1.54, 1.807) is 35.8 Å². The van der Waals surface area contributed by atoms with Gasteiger partial charge in [0.15, 0.2) is 10.9 Å². The molecule has 0 aliphatic carbocycles. The largest absolute Gasteiger partial charge is 0.298 e. The van der Waals surface area contributed by atoms with Crippen LogP contribution in [0.25, 0.3) is 0 Å². The number of nitrogens with zero attached hydrogens (tertiary/aromatic N) is 1. The van der Waals surface area contributed by atoms with Crippen molar-refractivity contribution in [1.82, 2.24) is 4.98 Å². The van der Waals surface area contributed by atoms with Crippen LogP contribution in [-0.2, 0) is 0 Å². The fraction of sp³-hybridized carbons (Fsp3) is 0.0556. The van der Waals surface area contributed by atoms with E-state index >= 15 is 0 Å². The second kappa shape index (κ2) is 7.90. The lowest BCUT2D eigenvalue weighted by atomic mass is 10.2. The maximum Gasteiger partial charge on any atom is 0.257 e. The van der Waals surface area contributed by atoms with Crippen molar-refractivity contribution >= 4 is 39.9 Å². The first kappa shape index (κ1) is 16.4. The summed E-state index contributed by atoms with van der Waals surface area (Å²) < 4.78 is 0. The summed E-state index contributed by atoms with van der Waals surface area (Å²) in [7, 11) is 0. The molecule has 0 aliphatic rings. The predicted molar refractivity (Wildman–Crippen MR) is 98.0 cm³/mol. The highest BCUT2D eigenvalue weighted by molar-refractivity contribution is 8.00. The van der Waals surface area contributed by atoms with E-state index in [1.807, 2.05) is 30.3 Å². The molecule has 0 saturated heterocycles. The Morgan fingerprint density at radius 1 is 1.04 bits per heavy atom. The van der Waals surface area contributed by atoms with Gasteiger partial charge in [-0.2, -0.15) is 0 Å². The van der Waals surface area contributed by atoms with Crippen molar-refractivity contribution in [1.29, 1.82) is 0 Å². The van der Waals surface area contributed by atoms with Crippen LogP contribution in [-0.4, -0.2) is 22.4 Å². The van der Waals surface area contributed by atoms with E-state index in [-0.39, 0.29) is 11.7 Å². The molecule has 0 saturated carbocycles. The van der Waals surface area contributed by atoms with Gasteiger partial charge in [-0.15, -0.1) is 23.1 Å². The number of anilines is 1. The summed E-state index contributed by atoms with van der Waals surface area (Å²) >= 11 is 2.79. The van der Waals surface area contributed by atoms with Crippen LogP contribution in [0.1, 0.15) is 20.7 Å². The second-order valence-corrected chi connectivity index (χ2v) is 6.84. The summed E-state index contributed by atoms with van der Waals surface area (Å²) in [5, 5.41) is 5.12.